The summed E-state index contributed by atoms with van der Waals surface area (Å²) in [5, 5.41) is 5.99. The number of methoxy groups -OCH3 is 1. The van der Waals surface area contributed by atoms with Crippen LogP contribution in [0.2, 0.25) is 0 Å². The van der Waals surface area contributed by atoms with Crippen LogP contribution in [0.5, 0.6) is 5.75 Å². The molecular formula is C17H21N3O2. The van der Waals surface area contributed by atoms with Crippen LogP contribution in [0.3, 0.4) is 0 Å². The highest BCUT2D eigenvalue weighted by Gasteiger charge is 2.01. The van der Waals surface area contributed by atoms with Crippen molar-refractivity contribution in [1.82, 2.24) is 15.6 Å². The molecular weight excluding hydrogens is 278 g/mol. The molecule has 1 aromatic heterocycles. The third-order valence-electron chi connectivity index (χ3n) is 3.23. The van der Waals surface area contributed by atoms with Gasteiger partial charge >= 0.3 is 0 Å². The van der Waals surface area contributed by atoms with Crippen molar-refractivity contribution in [1.29, 1.82) is 0 Å². The number of hydrogen-bond acceptors (Lipinski definition) is 4. The fourth-order valence-corrected chi connectivity index (χ4v) is 2.02. The van der Waals surface area contributed by atoms with E-state index in [9.17, 15) is 4.79 Å². The number of pyridine rings is 1. The van der Waals surface area contributed by atoms with Crippen molar-refractivity contribution in [2.24, 2.45) is 0 Å². The summed E-state index contributed by atoms with van der Waals surface area (Å²) in [4.78, 5) is 15.7. The molecule has 116 valence electrons. The van der Waals surface area contributed by atoms with Crippen molar-refractivity contribution in [3.05, 3.63) is 59.9 Å². The standard InChI is InChI=1S/C17H21N3O2/c1-22-16-6-4-14(5-7-16)8-10-20-17(21)13-19-12-15-3-2-9-18-11-15/h2-7,9,11,19H,8,10,12-13H2,1H3,(H,20,21). The molecule has 2 aromatic rings. The summed E-state index contributed by atoms with van der Waals surface area (Å²) in [5.74, 6) is 0.838. The van der Waals surface area contributed by atoms with E-state index in [0.29, 0.717) is 19.6 Å². The van der Waals surface area contributed by atoms with Gasteiger partial charge in [-0.15, -0.1) is 0 Å². The average Bonchev–Trinajstić information content (AvgIpc) is 2.56. The van der Waals surface area contributed by atoms with Crippen LogP contribution >= 0.6 is 0 Å². The van der Waals surface area contributed by atoms with Gasteiger partial charge in [0, 0.05) is 25.5 Å². The van der Waals surface area contributed by atoms with Gasteiger partial charge in [0.15, 0.2) is 0 Å². The Bertz CT molecular complexity index is 570. The minimum atomic E-state index is -0.00241. The molecule has 2 rings (SSSR count). The number of nitrogens with zero attached hydrogens (tertiary/aromatic N) is 1. The number of benzene rings is 1. The maximum Gasteiger partial charge on any atom is 0.233 e. The van der Waals surface area contributed by atoms with Crippen LogP contribution in [-0.4, -0.2) is 31.1 Å². The molecule has 0 saturated carbocycles. The van der Waals surface area contributed by atoms with E-state index in [0.717, 1.165) is 17.7 Å². The minimum absolute atomic E-state index is 0.00241. The molecule has 0 spiro atoms. The lowest BCUT2D eigenvalue weighted by atomic mass is 10.1. The average molecular weight is 299 g/mol. The molecule has 0 atom stereocenters. The molecule has 0 bridgehead atoms. The Morgan fingerprint density at radius 3 is 2.68 bits per heavy atom. The zero-order valence-electron chi connectivity index (χ0n) is 12.7. The maximum atomic E-state index is 11.7. The molecule has 1 aromatic carbocycles. The fourth-order valence-electron chi connectivity index (χ4n) is 2.02. The number of nitrogens with one attached hydrogen (secondary N) is 2. The van der Waals surface area contributed by atoms with Crippen LogP contribution in [0.15, 0.2) is 48.8 Å². The number of amides is 1. The first-order chi connectivity index (χ1) is 10.8. The molecule has 22 heavy (non-hydrogen) atoms. The number of carbonyl (C=O) groups is 1. The summed E-state index contributed by atoms with van der Waals surface area (Å²) in [7, 11) is 1.65. The van der Waals surface area contributed by atoms with Gasteiger partial charge in [0.2, 0.25) is 5.91 Å². The number of carbonyl (C=O) groups excluding carboxylic acids is 1. The smallest absolute Gasteiger partial charge is 0.233 e. The van der Waals surface area contributed by atoms with Crippen molar-refractivity contribution in [3.63, 3.8) is 0 Å². The van der Waals surface area contributed by atoms with Gasteiger partial charge in [0.05, 0.1) is 13.7 Å². The lowest BCUT2D eigenvalue weighted by molar-refractivity contribution is -0.120. The van der Waals surface area contributed by atoms with E-state index in [1.165, 1.54) is 5.56 Å². The van der Waals surface area contributed by atoms with E-state index >= 15 is 0 Å². The van der Waals surface area contributed by atoms with Crippen molar-refractivity contribution in [2.45, 2.75) is 13.0 Å². The fraction of sp³-hybridized carbons (Fsp3) is 0.294. The molecule has 1 heterocycles. The Hall–Kier alpha value is -2.40. The van der Waals surface area contributed by atoms with Crippen LogP contribution in [0.1, 0.15) is 11.1 Å². The van der Waals surface area contributed by atoms with E-state index in [1.807, 2.05) is 36.4 Å². The number of aromatic nitrogens is 1. The Morgan fingerprint density at radius 1 is 1.18 bits per heavy atom. The lowest BCUT2D eigenvalue weighted by Crippen LogP contribution is -2.34. The molecule has 0 fully saturated rings. The van der Waals surface area contributed by atoms with E-state index < -0.39 is 0 Å². The second-order valence-corrected chi connectivity index (χ2v) is 4.91. The molecule has 0 unspecified atom stereocenters. The number of rotatable bonds is 8. The minimum Gasteiger partial charge on any atom is -0.497 e. The number of ether oxygens (including phenoxy) is 1. The van der Waals surface area contributed by atoms with Crippen LogP contribution in [0.4, 0.5) is 0 Å². The van der Waals surface area contributed by atoms with Gasteiger partial charge in [-0.3, -0.25) is 9.78 Å². The Balaban J connectivity index is 1.61. The molecule has 0 radical (unpaired) electrons. The summed E-state index contributed by atoms with van der Waals surface area (Å²) >= 11 is 0. The van der Waals surface area contributed by atoms with E-state index in [1.54, 1.807) is 19.5 Å². The molecule has 2 N–H and O–H groups in total. The highest BCUT2D eigenvalue weighted by molar-refractivity contribution is 5.77. The summed E-state index contributed by atoms with van der Waals surface area (Å²) in [6, 6.07) is 11.7. The van der Waals surface area contributed by atoms with E-state index in [4.69, 9.17) is 4.74 Å². The van der Waals surface area contributed by atoms with Crippen molar-refractivity contribution in [2.75, 3.05) is 20.2 Å². The SMILES string of the molecule is COc1ccc(CCNC(=O)CNCc2cccnc2)cc1. The maximum absolute atomic E-state index is 11.7. The predicted molar refractivity (Wildman–Crippen MR) is 85.7 cm³/mol. The third-order valence-corrected chi connectivity index (χ3v) is 3.23. The monoisotopic (exact) mass is 299 g/mol. The van der Waals surface area contributed by atoms with Crippen molar-refractivity contribution in [3.8, 4) is 5.75 Å². The summed E-state index contributed by atoms with van der Waals surface area (Å²) < 4.78 is 5.11. The predicted octanol–water partition coefficient (Wildman–Crippen LogP) is 1.54. The Kier molecular flexibility index (Phi) is 6.39. The third kappa shape index (κ3) is 5.54. The second kappa shape index (κ2) is 8.79. The zero-order valence-corrected chi connectivity index (χ0v) is 12.7. The van der Waals surface area contributed by atoms with Gasteiger partial charge in [0.1, 0.15) is 5.75 Å². The summed E-state index contributed by atoms with van der Waals surface area (Å²) in [5.41, 5.74) is 2.23. The second-order valence-electron chi connectivity index (χ2n) is 4.91. The first kappa shape index (κ1) is 16.0. The van der Waals surface area contributed by atoms with E-state index in [-0.39, 0.29) is 5.91 Å². The Labute approximate surface area is 130 Å². The molecule has 0 saturated heterocycles. The first-order valence-corrected chi connectivity index (χ1v) is 7.27. The van der Waals surface area contributed by atoms with Gasteiger partial charge in [-0.25, -0.2) is 0 Å². The quantitative estimate of drug-likeness (QED) is 0.776. The molecule has 0 aliphatic rings. The van der Waals surface area contributed by atoms with Gasteiger partial charge in [-0.05, 0) is 35.7 Å². The largest absolute Gasteiger partial charge is 0.497 e. The molecule has 1 amide bonds. The highest BCUT2D eigenvalue weighted by atomic mass is 16.5. The normalized spacial score (nSPS) is 10.2. The topological polar surface area (TPSA) is 63.2 Å². The van der Waals surface area contributed by atoms with Gasteiger partial charge in [-0.2, -0.15) is 0 Å². The Morgan fingerprint density at radius 2 is 2.00 bits per heavy atom. The van der Waals surface area contributed by atoms with Crippen molar-refractivity contribution >= 4 is 5.91 Å². The van der Waals surface area contributed by atoms with Gasteiger partial charge in [0.25, 0.3) is 0 Å². The first-order valence-electron chi connectivity index (χ1n) is 7.27. The van der Waals surface area contributed by atoms with Gasteiger partial charge in [-0.1, -0.05) is 18.2 Å². The highest BCUT2D eigenvalue weighted by Crippen LogP contribution is 2.11. The number of hydrogen-bond donors (Lipinski definition) is 2. The lowest BCUT2D eigenvalue weighted by Gasteiger charge is -2.07. The molecule has 0 aliphatic carbocycles. The zero-order chi connectivity index (χ0) is 15.6. The molecule has 5 heteroatoms. The van der Waals surface area contributed by atoms with Crippen molar-refractivity contribution < 1.29 is 9.53 Å². The van der Waals surface area contributed by atoms with Crippen LogP contribution in [0.25, 0.3) is 0 Å². The van der Waals surface area contributed by atoms with E-state index in [2.05, 4.69) is 15.6 Å². The summed E-state index contributed by atoms with van der Waals surface area (Å²) in [6.45, 7) is 1.57. The summed E-state index contributed by atoms with van der Waals surface area (Å²) in [6.07, 6.45) is 4.32. The van der Waals surface area contributed by atoms with Gasteiger partial charge < -0.3 is 15.4 Å². The van der Waals surface area contributed by atoms with Crippen LogP contribution in [-0.2, 0) is 17.8 Å². The molecule has 5 nitrogen and oxygen atoms in total. The van der Waals surface area contributed by atoms with Crippen LogP contribution < -0.4 is 15.4 Å². The van der Waals surface area contributed by atoms with Crippen LogP contribution in [0, 0.1) is 0 Å². The molecule has 0 aliphatic heterocycles.